The summed E-state index contributed by atoms with van der Waals surface area (Å²) in [5.74, 6) is 0.565. The van der Waals surface area contributed by atoms with Gasteiger partial charge < -0.3 is 0 Å². The fraction of sp³-hybridized carbons (Fsp3) is 0.375. The molecule has 0 amide bonds. The van der Waals surface area contributed by atoms with Crippen molar-refractivity contribution in [2.45, 2.75) is 59.0 Å². The SMILES string of the molecule is CCCCCc1c(Cl)n(C(C)C)c(=O)n1Cc1ccc(-c2ncccc2-c2nnn[nH]2)cc1. The zero-order chi connectivity index (χ0) is 23.4. The number of benzene rings is 1. The highest BCUT2D eigenvalue weighted by atomic mass is 35.5. The Morgan fingerprint density at radius 3 is 2.58 bits per heavy atom. The zero-order valence-corrected chi connectivity index (χ0v) is 19.9. The van der Waals surface area contributed by atoms with Gasteiger partial charge in [-0.25, -0.2) is 9.89 Å². The molecule has 0 spiro atoms. The number of aromatic nitrogens is 7. The van der Waals surface area contributed by atoms with Crippen LogP contribution in [-0.4, -0.2) is 34.7 Å². The van der Waals surface area contributed by atoms with Gasteiger partial charge in [0.2, 0.25) is 0 Å². The number of nitrogens with one attached hydrogen (secondary N) is 1. The van der Waals surface area contributed by atoms with Crippen molar-refractivity contribution in [1.29, 1.82) is 0 Å². The van der Waals surface area contributed by atoms with Crippen LogP contribution in [0, 0.1) is 0 Å². The van der Waals surface area contributed by atoms with E-state index in [4.69, 9.17) is 11.6 Å². The molecule has 0 saturated heterocycles. The molecule has 172 valence electrons. The van der Waals surface area contributed by atoms with Crippen molar-refractivity contribution >= 4 is 11.6 Å². The van der Waals surface area contributed by atoms with Gasteiger partial charge in [0.25, 0.3) is 0 Å². The molecule has 1 aromatic carbocycles. The van der Waals surface area contributed by atoms with Gasteiger partial charge in [-0.05, 0) is 54.8 Å². The van der Waals surface area contributed by atoms with Gasteiger partial charge in [0.15, 0.2) is 5.82 Å². The lowest BCUT2D eigenvalue weighted by molar-refractivity contribution is 0.560. The van der Waals surface area contributed by atoms with E-state index in [-0.39, 0.29) is 11.7 Å². The Bertz CT molecular complexity index is 1260. The fourth-order valence-electron chi connectivity index (χ4n) is 4.02. The van der Waals surface area contributed by atoms with Crippen LogP contribution in [0.1, 0.15) is 57.3 Å². The number of imidazole rings is 1. The fourth-order valence-corrected chi connectivity index (χ4v) is 4.49. The van der Waals surface area contributed by atoms with Gasteiger partial charge in [0, 0.05) is 23.4 Å². The van der Waals surface area contributed by atoms with Gasteiger partial charge >= 0.3 is 5.69 Å². The maximum Gasteiger partial charge on any atom is 0.330 e. The Kier molecular flexibility index (Phi) is 7.03. The molecule has 0 bridgehead atoms. The lowest BCUT2D eigenvalue weighted by Crippen LogP contribution is -2.26. The van der Waals surface area contributed by atoms with Crippen LogP contribution in [0.4, 0.5) is 0 Å². The standard InChI is InChI=1S/C24H28ClN7O/c1-4-5-6-9-20-22(25)32(16(2)3)24(33)31(20)15-17-10-12-18(13-11-17)21-19(8-7-14-26-21)23-27-29-30-28-23/h7-8,10-14,16H,4-6,9,15H2,1-3H3,(H,27,28,29,30). The molecule has 0 aliphatic heterocycles. The van der Waals surface area contributed by atoms with Gasteiger partial charge in [0.1, 0.15) is 5.15 Å². The van der Waals surface area contributed by atoms with E-state index >= 15 is 0 Å². The summed E-state index contributed by atoms with van der Waals surface area (Å²) in [6, 6.07) is 11.8. The van der Waals surface area contributed by atoms with Crippen molar-refractivity contribution in [3.05, 3.63) is 69.5 Å². The van der Waals surface area contributed by atoms with Crippen molar-refractivity contribution < 1.29 is 0 Å². The molecule has 4 rings (SSSR count). The van der Waals surface area contributed by atoms with Crippen LogP contribution in [0.5, 0.6) is 0 Å². The van der Waals surface area contributed by atoms with Gasteiger partial charge in [-0.1, -0.05) is 55.6 Å². The first-order valence-corrected chi connectivity index (χ1v) is 11.7. The van der Waals surface area contributed by atoms with Crippen molar-refractivity contribution in [1.82, 2.24) is 34.7 Å². The average molecular weight is 466 g/mol. The number of unbranched alkanes of at least 4 members (excludes halogenated alkanes) is 2. The number of halogens is 1. The summed E-state index contributed by atoms with van der Waals surface area (Å²) in [6.07, 6.45) is 5.78. The van der Waals surface area contributed by atoms with Crippen LogP contribution in [-0.2, 0) is 13.0 Å². The molecule has 4 aromatic rings. The van der Waals surface area contributed by atoms with Crippen molar-refractivity contribution in [3.63, 3.8) is 0 Å². The van der Waals surface area contributed by atoms with Crippen LogP contribution < -0.4 is 5.69 Å². The highest BCUT2D eigenvalue weighted by Crippen LogP contribution is 2.28. The second-order valence-corrected chi connectivity index (χ2v) is 8.73. The number of hydrogen-bond acceptors (Lipinski definition) is 5. The summed E-state index contributed by atoms with van der Waals surface area (Å²) in [7, 11) is 0. The smallest absolute Gasteiger partial charge is 0.290 e. The maximum atomic E-state index is 13.2. The van der Waals surface area contributed by atoms with Crippen LogP contribution in [0.2, 0.25) is 5.15 Å². The third-order valence-electron chi connectivity index (χ3n) is 5.72. The molecule has 3 aromatic heterocycles. The van der Waals surface area contributed by atoms with Crippen molar-refractivity contribution in [2.75, 3.05) is 0 Å². The molecule has 0 aliphatic carbocycles. The topological polar surface area (TPSA) is 94.3 Å². The summed E-state index contributed by atoms with van der Waals surface area (Å²) >= 11 is 6.66. The summed E-state index contributed by atoms with van der Waals surface area (Å²) in [4.78, 5) is 17.7. The number of H-pyrrole nitrogens is 1. The molecule has 0 saturated carbocycles. The summed E-state index contributed by atoms with van der Waals surface area (Å²) in [5, 5.41) is 14.7. The Morgan fingerprint density at radius 1 is 1.12 bits per heavy atom. The monoisotopic (exact) mass is 465 g/mol. The zero-order valence-electron chi connectivity index (χ0n) is 19.1. The molecular weight excluding hydrogens is 438 g/mol. The Balaban J connectivity index is 1.65. The second kappa shape index (κ2) is 10.1. The number of tetrazole rings is 1. The molecule has 0 unspecified atom stereocenters. The Labute approximate surface area is 197 Å². The second-order valence-electron chi connectivity index (χ2n) is 8.37. The molecule has 1 N–H and O–H groups in total. The first-order chi connectivity index (χ1) is 16.0. The molecule has 0 fully saturated rings. The Morgan fingerprint density at radius 2 is 1.91 bits per heavy atom. The van der Waals surface area contributed by atoms with Crippen LogP contribution >= 0.6 is 11.6 Å². The minimum atomic E-state index is -0.0598. The Hall–Kier alpha value is -3.26. The molecule has 8 nitrogen and oxygen atoms in total. The summed E-state index contributed by atoms with van der Waals surface area (Å²) in [5.41, 5.74) is 4.43. The highest BCUT2D eigenvalue weighted by Gasteiger charge is 2.20. The first-order valence-electron chi connectivity index (χ1n) is 11.3. The van der Waals surface area contributed by atoms with Gasteiger partial charge in [-0.15, -0.1) is 5.10 Å². The lowest BCUT2D eigenvalue weighted by atomic mass is 10.0. The average Bonchev–Trinajstić information content (AvgIpc) is 3.43. The van der Waals surface area contributed by atoms with Crippen molar-refractivity contribution in [3.8, 4) is 22.6 Å². The predicted molar refractivity (Wildman–Crippen MR) is 129 cm³/mol. The lowest BCUT2D eigenvalue weighted by Gasteiger charge is -2.10. The largest absolute Gasteiger partial charge is 0.330 e. The van der Waals surface area contributed by atoms with E-state index in [1.807, 2.05) is 54.8 Å². The minimum Gasteiger partial charge on any atom is -0.290 e. The van der Waals surface area contributed by atoms with Crippen LogP contribution in [0.25, 0.3) is 22.6 Å². The third-order valence-corrected chi connectivity index (χ3v) is 6.12. The van der Waals surface area contributed by atoms with Gasteiger partial charge in [0.05, 0.1) is 17.9 Å². The van der Waals surface area contributed by atoms with Crippen LogP contribution in [0.3, 0.4) is 0 Å². The van der Waals surface area contributed by atoms with E-state index in [1.54, 1.807) is 10.8 Å². The number of rotatable bonds is 9. The molecular formula is C24H28ClN7O. The molecule has 0 radical (unpaired) electrons. The maximum absolute atomic E-state index is 13.2. The van der Waals surface area contributed by atoms with Gasteiger partial charge in [-0.2, -0.15) is 0 Å². The number of pyridine rings is 1. The van der Waals surface area contributed by atoms with Crippen molar-refractivity contribution in [2.24, 2.45) is 0 Å². The van der Waals surface area contributed by atoms with E-state index in [0.29, 0.717) is 17.5 Å². The first kappa shape index (κ1) is 22.9. The molecule has 0 atom stereocenters. The van der Waals surface area contributed by atoms with E-state index in [1.165, 1.54) is 0 Å². The molecule has 3 heterocycles. The molecule has 9 heteroatoms. The highest BCUT2D eigenvalue weighted by molar-refractivity contribution is 6.30. The van der Waals surface area contributed by atoms with Gasteiger partial charge in [-0.3, -0.25) is 14.1 Å². The quantitative estimate of drug-likeness (QED) is 0.354. The molecule has 0 aliphatic rings. The normalized spacial score (nSPS) is 11.4. The number of nitrogens with zero attached hydrogens (tertiary/aromatic N) is 6. The number of hydrogen-bond donors (Lipinski definition) is 1. The van der Waals surface area contributed by atoms with E-state index in [9.17, 15) is 4.79 Å². The predicted octanol–water partition coefficient (Wildman–Crippen LogP) is 4.91. The van der Waals surface area contributed by atoms with Crippen LogP contribution in [0.15, 0.2) is 47.4 Å². The molecule has 33 heavy (non-hydrogen) atoms. The van der Waals surface area contributed by atoms with E-state index in [2.05, 4.69) is 32.5 Å². The third kappa shape index (κ3) is 4.75. The van der Waals surface area contributed by atoms with E-state index < -0.39 is 0 Å². The summed E-state index contributed by atoms with van der Waals surface area (Å²) < 4.78 is 3.50. The summed E-state index contributed by atoms with van der Waals surface area (Å²) in [6.45, 7) is 6.61. The number of aromatic amines is 1. The minimum absolute atomic E-state index is 0.00621. The van der Waals surface area contributed by atoms with E-state index in [0.717, 1.165) is 53.8 Å².